The third-order valence-corrected chi connectivity index (χ3v) is 4.95. The van der Waals surface area contributed by atoms with Crippen molar-refractivity contribution >= 4 is 29.2 Å². The van der Waals surface area contributed by atoms with Crippen LogP contribution in [0.3, 0.4) is 0 Å². The Morgan fingerprint density at radius 1 is 1.04 bits per heavy atom. The van der Waals surface area contributed by atoms with Gasteiger partial charge in [-0.1, -0.05) is 35.9 Å². The molecule has 0 atom stereocenters. The Hall–Kier alpha value is -2.18. The second-order valence-corrected chi connectivity index (χ2v) is 6.84. The number of aldehydes is 1. The standard InChI is InChI=1S/C18H11ClF3NOS/c19-14-7-3-12(4-8-14)17-23-15(10-24)16(25-17)9-11-1-5-13(6-2-11)18(20,21)22/h1-8,10H,9H2. The van der Waals surface area contributed by atoms with Crippen LogP contribution in [0, 0.1) is 0 Å². The molecule has 7 heteroatoms. The minimum Gasteiger partial charge on any atom is -0.296 e. The lowest BCUT2D eigenvalue weighted by molar-refractivity contribution is -0.137. The molecular weight excluding hydrogens is 371 g/mol. The number of thiazole rings is 1. The molecule has 0 amide bonds. The first kappa shape index (κ1) is 17.6. The second kappa shape index (κ2) is 6.98. The van der Waals surface area contributed by atoms with Crippen LogP contribution >= 0.6 is 22.9 Å². The minimum atomic E-state index is -4.36. The van der Waals surface area contributed by atoms with Crippen LogP contribution in [-0.4, -0.2) is 11.3 Å². The fourth-order valence-corrected chi connectivity index (χ4v) is 3.49. The molecule has 0 aliphatic rings. The second-order valence-electron chi connectivity index (χ2n) is 5.32. The summed E-state index contributed by atoms with van der Waals surface area (Å²) < 4.78 is 37.9. The first-order valence-corrected chi connectivity index (χ1v) is 8.43. The Morgan fingerprint density at radius 2 is 1.68 bits per heavy atom. The van der Waals surface area contributed by atoms with Crippen molar-refractivity contribution in [1.29, 1.82) is 0 Å². The molecule has 2 aromatic carbocycles. The van der Waals surface area contributed by atoms with Crippen LogP contribution in [0.2, 0.25) is 5.02 Å². The molecule has 2 nitrogen and oxygen atoms in total. The highest BCUT2D eigenvalue weighted by Gasteiger charge is 2.30. The molecule has 0 aliphatic carbocycles. The van der Waals surface area contributed by atoms with Crippen molar-refractivity contribution in [3.63, 3.8) is 0 Å². The van der Waals surface area contributed by atoms with Crippen molar-refractivity contribution in [2.75, 3.05) is 0 Å². The first-order valence-electron chi connectivity index (χ1n) is 7.24. The molecule has 0 radical (unpaired) electrons. The predicted octanol–water partition coefficient (Wildman–Crippen LogP) is 5.89. The summed E-state index contributed by atoms with van der Waals surface area (Å²) in [5.41, 5.74) is 1.12. The van der Waals surface area contributed by atoms with Crippen LogP contribution in [0.25, 0.3) is 10.6 Å². The maximum Gasteiger partial charge on any atom is 0.416 e. The quantitative estimate of drug-likeness (QED) is 0.528. The van der Waals surface area contributed by atoms with Crippen LogP contribution in [0.15, 0.2) is 48.5 Å². The van der Waals surface area contributed by atoms with E-state index >= 15 is 0 Å². The van der Waals surface area contributed by atoms with Crippen LogP contribution in [0.1, 0.15) is 26.5 Å². The summed E-state index contributed by atoms with van der Waals surface area (Å²) in [6.45, 7) is 0. The third-order valence-electron chi connectivity index (χ3n) is 3.58. The maximum atomic E-state index is 12.6. The highest BCUT2D eigenvalue weighted by molar-refractivity contribution is 7.15. The van der Waals surface area contributed by atoms with Crippen molar-refractivity contribution in [3.05, 3.63) is 75.3 Å². The highest BCUT2D eigenvalue weighted by Crippen LogP contribution is 2.32. The summed E-state index contributed by atoms with van der Waals surface area (Å²) in [5.74, 6) is 0. The molecule has 128 valence electrons. The molecule has 0 saturated heterocycles. The van der Waals surface area contributed by atoms with E-state index < -0.39 is 11.7 Å². The van der Waals surface area contributed by atoms with Crippen molar-refractivity contribution < 1.29 is 18.0 Å². The van der Waals surface area contributed by atoms with E-state index in [1.165, 1.54) is 23.5 Å². The van der Waals surface area contributed by atoms with Gasteiger partial charge in [0, 0.05) is 21.9 Å². The van der Waals surface area contributed by atoms with Crippen LogP contribution in [0.5, 0.6) is 0 Å². The third kappa shape index (κ3) is 4.08. The molecule has 0 saturated carbocycles. The number of nitrogens with zero attached hydrogens (tertiary/aromatic N) is 1. The van der Waals surface area contributed by atoms with Gasteiger partial charge in [-0.25, -0.2) is 4.98 Å². The van der Waals surface area contributed by atoms with E-state index in [0.29, 0.717) is 38.9 Å². The molecule has 1 aromatic heterocycles. The number of carbonyl (C=O) groups excluding carboxylic acids is 1. The van der Waals surface area contributed by atoms with E-state index in [1.54, 1.807) is 24.3 Å². The average Bonchev–Trinajstić information content (AvgIpc) is 2.98. The fraction of sp³-hybridized carbons (Fsp3) is 0.111. The Morgan fingerprint density at radius 3 is 2.24 bits per heavy atom. The molecule has 3 rings (SSSR count). The van der Waals surface area contributed by atoms with Crippen LogP contribution in [0.4, 0.5) is 13.2 Å². The molecule has 25 heavy (non-hydrogen) atoms. The maximum absolute atomic E-state index is 12.6. The molecule has 0 aliphatic heterocycles. The number of aromatic nitrogens is 1. The van der Waals surface area contributed by atoms with E-state index in [4.69, 9.17) is 11.6 Å². The number of halogens is 4. The molecule has 3 aromatic rings. The Bertz CT molecular complexity index is 886. The molecule has 0 fully saturated rings. The average molecular weight is 382 g/mol. The van der Waals surface area contributed by atoms with Gasteiger partial charge in [-0.05, 0) is 29.8 Å². The largest absolute Gasteiger partial charge is 0.416 e. The number of benzene rings is 2. The zero-order chi connectivity index (χ0) is 18.0. The summed E-state index contributed by atoms with van der Waals surface area (Å²) in [6.07, 6.45) is -3.36. The molecular formula is C18H11ClF3NOS. The van der Waals surface area contributed by atoms with Crippen LogP contribution < -0.4 is 0 Å². The topological polar surface area (TPSA) is 30.0 Å². The number of rotatable bonds is 4. The van der Waals surface area contributed by atoms with Crippen molar-refractivity contribution in [1.82, 2.24) is 4.98 Å². The molecule has 0 spiro atoms. The summed E-state index contributed by atoms with van der Waals surface area (Å²) in [7, 11) is 0. The first-order chi connectivity index (χ1) is 11.9. The summed E-state index contributed by atoms with van der Waals surface area (Å²) in [5, 5.41) is 1.27. The molecule has 0 bridgehead atoms. The zero-order valence-electron chi connectivity index (χ0n) is 12.7. The molecule has 0 N–H and O–H groups in total. The molecule has 1 heterocycles. The lowest BCUT2D eigenvalue weighted by Gasteiger charge is -2.07. The van der Waals surface area contributed by atoms with Gasteiger partial charge in [0.15, 0.2) is 6.29 Å². The van der Waals surface area contributed by atoms with E-state index in [2.05, 4.69) is 4.98 Å². The Kier molecular flexibility index (Phi) is 4.92. The summed E-state index contributed by atoms with van der Waals surface area (Å²) in [6, 6.07) is 12.0. The van der Waals surface area contributed by atoms with Gasteiger partial charge in [0.25, 0.3) is 0 Å². The fourth-order valence-electron chi connectivity index (χ4n) is 2.30. The van der Waals surface area contributed by atoms with E-state index in [1.807, 2.05) is 0 Å². The van der Waals surface area contributed by atoms with Gasteiger partial charge in [0.2, 0.25) is 0 Å². The summed E-state index contributed by atoms with van der Waals surface area (Å²) >= 11 is 7.20. The number of alkyl halides is 3. The predicted molar refractivity (Wildman–Crippen MR) is 92.2 cm³/mol. The van der Waals surface area contributed by atoms with Gasteiger partial charge in [0.1, 0.15) is 10.7 Å². The van der Waals surface area contributed by atoms with E-state index in [9.17, 15) is 18.0 Å². The SMILES string of the molecule is O=Cc1nc(-c2ccc(Cl)cc2)sc1Cc1ccc(C(F)(F)F)cc1. The van der Waals surface area contributed by atoms with Crippen molar-refractivity contribution in [2.45, 2.75) is 12.6 Å². The summed E-state index contributed by atoms with van der Waals surface area (Å²) in [4.78, 5) is 16.3. The van der Waals surface area contributed by atoms with Gasteiger partial charge in [-0.2, -0.15) is 13.2 Å². The van der Waals surface area contributed by atoms with Gasteiger partial charge in [-0.3, -0.25) is 4.79 Å². The number of carbonyl (C=O) groups is 1. The lowest BCUT2D eigenvalue weighted by Crippen LogP contribution is -2.04. The van der Waals surface area contributed by atoms with Gasteiger partial charge in [-0.15, -0.1) is 11.3 Å². The Labute approximate surface area is 150 Å². The monoisotopic (exact) mass is 381 g/mol. The van der Waals surface area contributed by atoms with Gasteiger partial charge in [0.05, 0.1) is 5.56 Å². The Balaban J connectivity index is 1.87. The van der Waals surface area contributed by atoms with Gasteiger partial charge < -0.3 is 0 Å². The van der Waals surface area contributed by atoms with E-state index in [-0.39, 0.29) is 0 Å². The number of hydrogen-bond acceptors (Lipinski definition) is 3. The van der Waals surface area contributed by atoms with E-state index in [0.717, 1.165) is 17.7 Å². The smallest absolute Gasteiger partial charge is 0.296 e. The lowest BCUT2D eigenvalue weighted by atomic mass is 10.1. The normalized spacial score (nSPS) is 11.5. The van der Waals surface area contributed by atoms with Crippen molar-refractivity contribution in [3.8, 4) is 10.6 Å². The van der Waals surface area contributed by atoms with Crippen LogP contribution in [-0.2, 0) is 12.6 Å². The minimum absolute atomic E-state index is 0.301. The van der Waals surface area contributed by atoms with Gasteiger partial charge >= 0.3 is 6.18 Å². The molecule has 0 unspecified atom stereocenters. The zero-order valence-corrected chi connectivity index (χ0v) is 14.3. The highest BCUT2D eigenvalue weighted by atomic mass is 35.5. The van der Waals surface area contributed by atoms with Crippen molar-refractivity contribution in [2.24, 2.45) is 0 Å². The number of hydrogen-bond donors (Lipinski definition) is 0.